The first-order valence-corrected chi connectivity index (χ1v) is 6.90. The van der Waals surface area contributed by atoms with Gasteiger partial charge in [-0.2, -0.15) is 0 Å². The van der Waals surface area contributed by atoms with Crippen LogP contribution < -0.4 is 10.3 Å². The smallest absolute Gasteiger partial charge is 0.259 e. The van der Waals surface area contributed by atoms with Gasteiger partial charge in [-0.3, -0.25) is 9.59 Å². The van der Waals surface area contributed by atoms with Crippen LogP contribution in [0.2, 0.25) is 0 Å². The summed E-state index contributed by atoms with van der Waals surface area (Å²) in [6.07, 6.45) is 4.66. The van der Waals surface area contributed by atoms with E-state index in [2.05, 4.69) is 4.98 Å². The highest BCUT2D eigenvalue weighted by atomic mass is 16.5. The fraction of sp³-hybridized carbons (Fsp3) is 0.571. The Hall–Kier alpha value is -1.82. The van der Waals surface area contributed by atoms with E-state index in [1.807, 2.05) is 4.90 Å². The van der Waals surface area contributed by atoms with E-state index in [4.69, 9.17) is 9.47 Å². The molecule has 20 heavy (non-hydrogen) atoms. The number of carbonyl (C=O) groups is 1. The Balaban J connectivity index is 1.90. The van der Waals surface area contributed by atoms with Crippen molar-refractivity contribution in [2.75, 3.05) is 20.3 Å². The molecule has 3 rings (SSSR count). The average Bonchev–Trinajstić information content (AvgIpc) is 2.94. The lowest BCUT2D eigenvalue weighted by atomic mass is 10.1. The highest BCUT2D eigenvalue weighted by Gasteiger charge is 2.39. The quantitative estimate of drug-likeness (QED) is 0.867. The number of rotatable bonds is 2. The number of ether oxygens (including phenoxy) is 2. The summed E-state index contributed by atoms with van der Waals surface area (Å²) >= 11 is 0. The third-order valence-electron chi connectivity index (χ3n) is 4.08. The third-order valence-corrected chi connectivity index (χ3v) is 4.08. The fourth-order valence-electron chi connectivity index (χ4n) is 3.12. The number of carbonyl (C=O) groups excluding carboxylic acids is 1. The van der Waals surface area contributed by atoms with E-state index in [9.17, 15) is 9.59 Å². The zero-order chi connectivity index (χ0) is 14.1. The minimum absolute atomic E-state index is 0.0988. The third kappa shape index (κ3) is 2.20. The SMILES string of the molecule is COc1cc(=O)[nH]cc1C(=O)N1CCO[C@@H]2CCC[C@@H]21. The van der Waals surface area contributed by atoms with Gasteiger partial charge in [0.05, 0.1) is 31.4 Å². The molecule has 0 radical (unpaired) electrons. The lowest BCUT2D eigenvalue weighted by molar-refractivity contribution is -0.0446. The number of amides is 1. The van der Waals surface area contributed by atoms with Gasteiger partial charge in [-0.05, 0) is 19.3 Å². The summed E-state index contributed by atoms with van der Waals surface area (Å²) in [6.45, 7) is 1.15. The lowest BCUT2D eigenvalue weighted by Crippen LogP contribution is -2.51. The molecule has 1 amide bonds. The van der Waals surface area contributed by atoms with E-state index >= 15 is 0 Å². The number of aromatic nitrogens is 1. The largest absolute Gasteiger partial charge is 0.496 e. The maximum Gasteiger partial charge on any atom is 0.259 e. The van der Waals surface area contributed by atoms with Crippen LogP contribution in [-0.2, 0) is 4.74 Å². The number of fused-ring (bicyclic) bond motifs is 1. The predicted octanol–water partition coefficient (Wildman–Crippen LogP) is 0.777. The number of nitrogens with one attached hydrogen (secondary N) is 1. The monoisotopic (exact) mass is 278 g/mol. The average molecular weight is 278 g/mol. The standard InChI is InChI=1S/C14H18N2O4/c1-19-12-7-13(17)15-8-9(12)14(18)16-5-6-20-11-4-2-3-10(11)16/h7-8,10-11H,2-6H2,1H3,(H,15,17)/t10-,11+/m0/s1. The molecule has 1 saturated heterocycles. The van der Waals surface area contributed by atoms with Gasteiger partial charge >= 0.3 is 0 Å². The second kappa shape index (κ2) is 5.28. The number of nitrogens with zero attached hydrogens (tertiary/aromatic N) is 1. The predicted molar refractivity (Wildman–Crippen MR) is 72.0 cm³/mol. The van der Waals surface area contributed by atoms with Crippen LogP contribution in [0.3, 0.4) is 0 Å². The highest BCUT2D eigenvalue weighted by Crippen LogP contribution is 2.31. The number of methoxy groups -OCH3 is 1. The molecule has 2 fully saturated rings. The van der Waals surface area contributed by atoms with E-state index in [0.717, 1.165) is 19.3 Å². The molecule has 2 atom stereocenters. The molecule has 1 aromatic heterocycles. The Kier molecular flexibility index (Phi) is 3.48. The first-order chi connectivity index (χ1) is 9.70. The van der Waals surface area contributed by atoms with Crippen molar-refractivity contribution in [2.45, 2.75) is 31.4 Å². The van der Waals surface area contributed by atoms with Crippen LogP contribution >= 0.6 is 0 Å². The van der Waals surface area contributed by atoms with E-state index in [1.165, 1.54) is 19.4 Å². The molecule has 6 heteroatoms. The Labute approximate surface area is 116 Å². The van der Waals surface area contributed by atoms with E-state index in [1.54, 1.807) is 0 Å². The maximum atomic E-state index is 12.7. The Bertz CT molecular complexity index is 569. The van der Waals surface area contributed by atoms with Crippen molar-refractivity contribution in [3.63, 3.8) is 0 Å². The van der Waals surface area contributed by atoms with Gasteiger partial charge < -0.3 is 19.4 Å². The van der Waals surface area contributed by atoms with Gasteiger partial charge in [0.25, 0.3) is 11.5 Å². The summed E-state index contributed by atoms with van der Waals surface area (Å²) in [6, 6.07) is 1.45. The summed E-state index contributed by atoms with van der Waals surface area (Å²) in [7, 11) is 1.46. The summed E-state index contributed by atoms with van der Waals surface area (Å²) in [5.74, 6) is 0.220. The van der Waals surface area contributed by atoms with Gasteiger partial charge in [0.2, 0.25) is 0 Å². The van der Waals surface area contributed by atoms with E-state index < -0.39 is 0 Å². The minimum atomic E-state index is -0.279. The number of aromatic amines is 1. The molecule has 0 aromatic carbocycles. The van der Waals surface area contributed by atoms with Crippen molar-refractivity contribution in [2.24, 2.45) is 0 Å². The molecule has 1 aliphatic heterocycles. The van der Waals surface area contributed by atoms with Gasteiger partial charge in [0, 0.05) is 18.8 Å². The van der Waals surface area contributed by atoms with Gasteiger partial charge in [0.15, 0.2) is 0 Å². The van der Waals surface area contributed by atoms with E-state index in [0.29, 0.717) is 24.5 Å². The van der Waals surface area contributed by atoms with Crippen molar-refractivity contribution in [3.8, 4) is 5.75 Å². The zero-order valence-electron chi connectivity index (χ0n) is 11.4. The molecular formula is C14H18N2O4. The first kappa shape index (κ1) is 13.2. The fourth-order valence-corrected chi connectivity index (χ4v) is 3.12. The topological polar surface area (TPSA) is 71.6 Å². The highest BCUT2D eigenvalue weighted by molar-refractivity contribution is 5.96. The van der Waals surface area contributed by atoms with Crippen molar-refractivity contribution >= 4 is 5.91 Å². The van der Waals surface area contributed by atoms with Crippen LogP contribution in [0.15, 0.2) is 17.1 Å². The lowest BCUT2D eigenvalue weighted by Gasteiger charge is -2.37. The molecule has 6 nitrogen and oxygen atoms in total. The molecule has 0 bridgehead atoms. The van der Waals surface area contributed by atoms with Gasteiger partial charge in [-0.15, -0.1) is 0 Å². The molecule has 2 heterocycles. The second-order valence-corrected chi connectivity index (χ2v) is 5.19. The summed E-state index contributed by atoms with van der Waals surface area (Å²) in [5, 5.41) is 0. The van der Waals surface area contributed by atoms with E-state index in [-0.39, 0.29) is 23.6 Å². The number of H-pyrrole nitrogens is 1. The van der Waals surface area contributed by atoms with Gasteiger partial charge in [-0.1, -0.05) is 0 Å². The van der Waals surface area contributed by atoms with Gasteiger partial charge in [0.1, 0.15) is 5.75 Å². The van der Waals surface area contributed by atoms with Crippen LogP contribution in [0.25, 0.3) is 0 Å². The normalized spacial score (nSPS) is 25.4. The van der Waals surface area contributed by atoms with Crippen molar-refractivity contribution in [3.05, 3.63) is 28.2 Å². The summed E-state index contributed by atoms with van der Waals surface area (Å²) in [4.78, 5) is 28.4. The second-order valence-electron chi connectivity index (χ2n) is 5.19. The molecule has 1 aromatic rings. The molecule has 0 spiro atoms. The molecule has 1 saturated carbocycles. The first-order valence-electron chi connectivity index (χ1n) is 6.90. The van der Waals surface area contributed by atoms with Gasteiger partial charge in [-0.25, -0.2) is 0 Å². The van der Waals surface area contributed by atoms with Crippen molar-refractivity contribution in [1.29, 1.82) is 0 Å². The molecule has 1 aliphatic carbocycles. The van der Waals surface area contributed by atoms with Crippen LogP contribution in [0.5, 0.6) is 5.75 Å². The summed E-state index contributed by atoms with van der Waals surface area (Å²) < 4.78 is 10.9. The van der Waals surface area contributed by atoms with Crippen LogP contribution in [0, 0.1) is 0 Å². The molecule has 2 aliphatic rings. The summed E-state index contributed by atoms with van der Waals surface area (Å²) in [5.41, 5.74) is 0.124. The molecular weight excluding hydrogens is 260 g/mol. The Morgan fingerprint density at radius 1 is 1.50 bits per heavy atom. The molecule has 1 N–H and O–H groups in total. The number of pyridine rings is 1. The Morgan fingerprint density at radius 3 is 3.15 bits per heavy atom. The minimum Gasteiger partial charge on any atom is -0.496 e. The molecule has 0 unspecified atom stereocenters. The number of hydrogen-bond acceptors (Lipinski definition) is 4. The van der Waals surface area contributed by atoms with Crippen LogP contribution in [0.4, 0.5) is 0 Å². The molecule has 108 valence electrons. The van der Waals surface area contributed by atoms with Crippen molar-refractivity contribution in [1.82, 2.24) is 9.88 Å². The van der Waals surface area contributed by atoms with Crippen molar-refractivity contribution < 1.29 is 14.3 Å². The number of hydrogen-bond donors (Lipinski definition) is 1. The van der Waals surface area contributed by atoms with Crippen LogP contribution in [0.1, 0.15) is 29.6 Å². The Morgan fingerprint density at radius 2 is 2.35 bits per heavy atom. The zero-order valence-corrected chi connectivity index (χ0v) is 11.4. The van der Waals surface area contributed by atoms with Crippen LogP contribution in [-0.4, -0.2) is 48.2 Å². The number of morpholine rings is 1. The maximum absolute atomic E-state index is 12.7.